The zero-order valence-corrected chi connectivity index (χ0v) is 12.3. The minimum Gasteiger partial charge on any atom is -0.480 e. The monoisotopic (exact) mass is 284 g/mol. The van der Waals surface area contributed by atoms with Gasteiger partial charge in [0.15, 0.2) is 0 Å². The summed E-state index contributed by atoms with van der Waals surface area (Å²) < 4.78 is 5.35. The smallest absolute Gasteiger partial charge is 0.324 e. The average Bonchev–Trinajstić information content (AvgIpc) is 2.29. The molecule has 1 saturated heterocycles. The first kappa shape index (κ1) is 16.7. The van der Waals surface area contributed by atoms with E-state index in [9.17, 15) is 9.59 Å². The van der Waals surface area contributed by atoms with E-state index >= 15 is 0 Å². The molecule has 0 aromatic heterocycles. The van der Waals surface area contributed by atoms with Crippen molar-refractivity contribution in [1.82, 2.24) is 4.90 Å². The van der Waals surface area contributed by atoms with Gasteiger partial charge in [-0.2, -0.15) is 0 Å². The van der Waals surface area contributed by atoms with E-state index in [1.54, 1.807) is 4.90 Å². The van der Waals surface area contributed by atoms with Crippen LogP contribution in [0.2, 0.25) is 0 Å². The van der Waals surface area contributed by atoms with Gasteiger partial charge in [-0.05, 0) is 33.6 Å². The van der Waals surface area contributed by atoms with Crippen LogP contribution in [-0.4, -0.2) is 46.3 Å². The van der Waals surface area contributed by atoms with Gasteiger partial charge in [0.25, 0.3) is 0 Å². The molecule has 0 radical (unpaired) electrons. The summed E-state index contributed by atoms with van der Waals surface area (Å²) in [6, 6.07) is -0.815. The summed E-state index contributed by atoms with van der Waals surface area (Å²) in [6.07, 6.45) is 1.81. The molecule has 3 N–H and O–H groups in total. The largest absolute Gasteiger partial charge is 0.480 e. The van der Waals surface area contributed by atoms with Crippen LogP contribution < -0.4 is 5.73 Å². The second kappa shape index (κ2) is 6.37. The molecule has 0 aromatic carbocycles. The van der Waals surface area contributed by atoms with Crippen molar-refractivity contribution >= 4 is 11.9 Å². The highest BCUT2D eigenvalue weighted by atomic mass is 16.6. The predicted molar refractivity (Wildman–Crippen MR) is 74.9 cm³/mol. The van der Waals surface area contributed by atoms with E-state index in [2.05, 4.69) is 6.58 Å². The molecule has 0 unspecified atom stereocenters. The highest BCUT2D eigenvalue weighted by Crippen LogP contribution is 2.25. The average molecular weight is 284 g/mol. The van der Waals surface area contributed by atoms with Crippen molar-refractivity contribution in [2.75, 3.05) is 6.54 Å². The molecule has 1 aliphatic heterocycles. The summed E-state index contributed by atoms with van der Waals surface area (Å²) in [6.45, 7) is 9.42. The maximum Gasteiger partial charge on any atom is 0.324 e. The van der Waals surface area contributed by atoms with E-state index in [1.165, 1.54) is 6.08 Å². The molecule has 1 aliphatic rings. The van der Waals surface area contributed by atoms with Crippen molar-refractivity contribution < 1.29 is 19.4 Å². The lowest BCUT2D eigenvalue weighted by Crippen LogP contribution is -2.55. The van der Waals surface area contributed by atoms with Gasteiger partial charge in [0.05, 0.1) is 12.1 Å². The van der Waals surface area contributed by atoms with Crippen LogP contribution >= 0.6 is 0 Å². The fraction of sp³-hybridized carbons (Fsp3) is 0.714. The Labute approximate surface area is 119 Å². The van der Waals surface area contributed by atoms with Crippen molar-refractivity contribution in [1.29, 1.82) is 0 Å². The lowest BCUT2D eigenvalue weighted by molar-refractivity contribution is -0.163. The number of piperidine rings is 1. The van der Waals surface area contributed by atoms with Crippen LogP contribution in [-0.2, 0) is 14.3 Å². The number of nitrogens with zero attached hydrogens (tertiary/aromatic N) is 1. The fourth-order valence-electron chi connectivity index (χ4n) is 2.34. The van der Waals surface area contributed by atoms with Crippen LogP contribution in [0.15, 0.2) is 12.7 Å². The number of esters is 1. The zero-order chi connectivity index (χ0) is 15.5. The number of carboxylic acid groups (broad SMARTS) is 1. The number of rotatable bonds is 4. The third kappa shape index (κ3) is 4.31. The van der Waals surface area contributed by atoms with Crippen LogP contribution in [0.3, 0.4) is 0 Å². The van der Waals surface area contributed by atoms with Crippen LogP contribution in [0.4, 0.5) is 0 Å². The topological polar surface area (TPSA) is 92.9 Å². The summed E-state index contributed by atoms with van der Waals surface area (Å²) in [7, 11) is 0. The minimum atomic E-state index is -0.980. The summed E-state index contributed by atoms with van der Waals surface area (Å²) in [5.74, 6) is -1.52. The number of carbonyl (C=O) groups is 2. The molecule has 0 aliphatic carbocycles. The Balaban J connectivity index is 2.65. The first-order valence-corrected chi connectivity index (χ1v) is 6.75. The van der Waals surface area contributed by atoms with Crippen LogP contribution in [0.25, 0.3) is 0 Å². The van der Waals surface area contributed by atoms with Gasteiger partial charge in [-0.15, -0.1) is 6.58 Å². The number of aliphatic carboxylic acids is 1. The van der Waals surface area contributed by atoms with Gasteiger partial charge in [0.1, 0.15) is 11.6 Å². The third-order valence-electron chi connectivity index (χ3n) is 3.26. The Morgan fingerprint density at radius 2 is 2.10 bits per heavy atom. The molecule has 0 aromatic rings. The Bertz CT molecular complexity index is 389. The number of nitrogens with two attached hydrogens (primary N) is 1. The Morgan fingerprint density at radius 3 is 2.50 bits per heavy atom. The second-order valence-corrected chi connectivity index (χ2v) is 6.08. The Morgan fingerprint density at radius 1 is 1.50 bits per heavy atom. The fourth-order valence-corrected chi connectivity index (χ4v) is 2.34. The molecule has 0 amide bonds. The zero-order valence-electron chi connectivity index (χ0n) is 12.3. The van der Waals surface area contributed by atoms with Crippen molar-refractivity contribution in [2.24, 2.45) is 11.7 Å². The van der Waals surface area contributed by atoms with E-state index in [4.69, 9.17) is 15.6 Å². The number of ether oxygens (including phenoxy) is 1. The number of carbonyl (C=O) groups excluding carboxylic acids is 1. The van der Waals surface area contributed by atoms with Crippen LogP contribution in [0.1, 0.15) is 33.6 Å². The van der Waals surface area contributed by atoms with Gasteiger partial charge in [-0.3, -0.25) is 14.5 Å². The molecule has 20 heavy (non-hydrogen) atoms. The molecular formula is C14H24N2O4. The summed E-state index contributed by atoms with van der Waals surface area (Å²) in [4.78, 5) is 24.8. The SMILES string of the molecule is C=C[C@H](C(=O)O)N1CC[C@H](C(=O)OC(C)(C)C)C[C@@H]1N. The van der Waals surface area contributed by atoms with Gasteiger partial charge >= 0.3 is 11.9 Å². The highest BCUT2D eigenvalue weighted by Gasteiger charge is 2.37. The first-order valence-electron chi connectivity index (χ1n) is 6.75. The lowest BCUT2D eigenvalue weighted by atomic mass is 9.93. The van der Waals surface area contributed by atoms with E-state index in [1.807, 2.05) is 20.8 Å². The molecule has 6 heteroatoms. The Hall–Kier alpha value is -1.40. The number of hydrogen-bond acceptors (Lipinski definition) is 5. The first-order chi connectivity index (χ1) is 9.15. The predicted octanol–water partition coefficient (Wildman–Crippen LogP) is 0.964. The van der Waals surface area contributed by atoms with E-state index < -0.39 is 23.8 Å². The lowest BCUT2D eigenvalue weighted by Gasteiger charge is -2.39. The molecule has 1 fully saturated rings. The highest BCUT2D eigenvalue weighted by molar-refractivity contribution is 5.76. The summed E-state index contributed by atoms with van der Waals surface area (Å²) in [5, 5.41) is 9.11. The molecule has 6 nitrogen and oxygen atoms in total. The van der Waals surface area contributed by atoms with Crippen molar-refractivity contribution in [2.45, 2.75) is 51.4 Å². The second-order valence-electron chi connectivity index (χ2n) is 6.08. The van der Waals surface area contributed by atoms with Gasteiger partial charge in [0, 0.05) is 6.54 Å². The number of carboxylic acids is 1. The standard InChI is InChI=1S/C14H24N2O4/c1-5-10(12(17)18)16-7-6-9(8-11(16)15)13(19)20-14(2,3)4/h5,9-11H,1,6-8,15H2,2-4H3,(H,17,18)/t9-,10+,11+/m0/s1. The maximum absolute atomic E-state index is 12.0. The quantitative estimate of drug-likeness (QED) is 0.590. The van der Waals surface area contributed by atoms with Crippen LogP contribution in [0.5, 0.6) is 0 Å². The Kier molecular flexibility index (Phi) is 5.30. The van der Waals surface area contributed by atoms with Crippen LogP contribution in [0, 0.1) is 5.92 Å². The molecule has 0 spiro atoms. The number of hydrogen-bond donors (Lipinski definition) is 2. The van der Waals surface area contributed by atoms with Crippen molar-refractivity contribution in [3.8, 4) is 0 Å². The molecular weight excluding hydrogens is 260 g/mol. The molecule has 1 heterocycles. The maximum atomic E-state index is 12.0. The van der Waals surface area contributed by atoms with Crippen molar-refractivity contribution in [3.63, 3.8) is 0 Å². The molecule has 3 atom stereocenters. The van der Waals surface area contributed by atoms with Gasteiger partial charge in [-0.1, -0.05) is 6.08 Å². The number of likely N-dealkylation sites (tertiary alicyclic amines) is 1. The normalized spacial score (nSPS) is 25.8. The van der Waals surface area contributed by atoms with E-state index in [-0.39, 0.29) is 11.9 Å². The minimum absolute atomic E-state index is 0.266. The molecule has 0 bridgehead atoms. The van der Waals surface area contributed by atoms with Gasteiger partial charge in [-0.25, -0.2) is 0 Å². The summed E-state index contributed by atoms with van der Waals surface area (Å²) >= 11 is 0. The van der Waals surface area contributed by atoms with Crippen molar-refractivity contribution in [3.05, 3.63) is 12.7 Å². The van der Waals surface area contributed by atoms with E-state index in [0.29, 0.717) is 19.4 Å². The van der Waals surface area contributed by atoms with Gasteiger partial charge < -0.3 is 15.6 Å². The summed E-state index contributed by atoms with van der Waals surface area (Å²) in [5.41, 5.74) is 5.47. The molecule has 0 saturated carbocycles. The van der Waals surface area contributed by atoms with E-state index in [0.717, 1.165) is 0 Å². The van der Waals surface area contributed by atoms with Gasteiger partial charge in [0.2, 0.25) is 0 Å². The third-order valence-corrected chi connectivity index (χ3v) is 3.26. The molecule has 1 rings (SSSR count). The molecule has 114 valence electrons.